The Hall–Kier alpha value is -1.03. The molecular weight excluding hydrogens is 168 g/mol. The largest absolute Gasteiger partial charge is 0.379 e. The van der Waals surface area contributed by atoms with Crippen LogP contribution in [0.3, 0.4) is 0 Å². The number of hydrogen-bond donors (Lipinski definition) is 1. The highest BCUT2D eigenvalue weighted by molar-refractivity contribution is 5.20. The van der Waals surface area contributed by atoms with Crippen molar-refractivity contribution in [1.82, 2.24) is 9.78 Å². The fourth-order valence-electron chi connectivity index (χ4n) is 1.89. The number of H-pyrrole nitrogens is 1. The van der Waals surface area contributed by atoms with Gasteiger partial charge in [0, 0.05) is 17.2 Å². The van der Waals surface area contributed by atoms with Crippen LogP contribution in [-0.2, 0) is 11.3 Å². The molecule has 1 aromatic heterocycles. The lowest BCUT2D eigenvalue weighted by Crippen LogP contribution is -2.09. The first kappa shape index (κ1) is 8.56. The minimum absolute atomic E-state index is 0.0312. The van der Waals surface area contributed by atoms with E-state index in [1.165, 1.54) is 0 Å². The maximum Gasteiger partial charge on any atom is 0.267 e. The Kier molecular flexibility index (Phi) is 2.00. The Morgan fingerprint density at radius 3 is 3.15 bits per heavy atom. The Morgan fingerprint density at radius 1 is 1.62 bits per heavy atom. The molecule has 1 aliphatic heterocycles. The summed E-state index contributed by atoms with van der Waals surface area (Å²) in [6.45, 7) is 6.09. The summed E-state index contributed by atoms with van der Waals surface area (Å²) >= 11 is 0. The van der Waals surface area contributed by atoms with E-state index in [0.29, 0.717) is 19.1 Å². The van der Waals surface area contributed by atoms with Crippen LogP contribution in [0, 0.1) is 6.92 Å². The van der Waals surface area contributed by atoms with Gasteiger partial charge in [-0.2, -0.15) is 0 Å². The minimum atomic E-state index is 0.0312. The van der Waals surface area contributed by atoms with E-state index in [9.17, 15) is 4.79 Å². The summed E-state index contributed by atoms with van der Waals surface area (Å²) in [4.78, 5) is 11.3. The molecule has 2 heterocycles. The van der Waals surface area contributed by atoms with Crippen molar-refractivity contribution in [3.8, 4) is 0 Å². The summed E-state index contributed by atoms with van der Waals surface area (Å²) in [5.41, 5.74) is 1.96. The molecule has 1 unspecified atom stereocenters. The van der Waals surface area contributed by atoms with Crippen LogP contribution < -0.4 is 5.56 Å². The zero-order valence-corrected chi connectivity index (χ0v) is 7.96. The molecule has 1 N–H and O–H groups in total. The number of rotatable bonds is 0. The number of aromatic nitrogens is 2. The van der Waals surface area contributed by atoms with Gasteiger partial charge in [-0.3, -0.25) is 14.6 Å². The van der Waals surface area contributed by atoms with Crippen LogP contribution in [0.1, 0.15) is 24.1 Å². The summed E-state index contributed by atoms with van der Waals surface area (Å²) in [6.07, 6.45) is 0. The maximum absolute atomic E-state index is 11.3. The van der Waals surface area contributed by atoms with Crippen LogP contribution in [0.15, 0.2) is 4.79 Å². The maximum atomic E-state index is 11.3. The van der Waals surface area contributed by atoms with Crippen molar-refractivity contribution < 1.29 is 4.74 Å². The zero-order chi connectivity index (χ0) is 9.42. The average molecular weight is 182 g/mol. The SMILES string of the molecule is Cc1c2n([nH]c1=O)CCOCC2C. The molecule has 2 rings (SSSR count). The van der Waals surface area contributed by atoms with Crippen molar-refractivity contribution >= 4 is 0 Å². The topological polar surface area (TPSA) is 47.0 Å². The predicted molar refractivity (Wildman–Crippen MR) is 49.0 cm³/mol. The fraction of sp³-hybridized carbons (Fsp3) is 0.667. The third kappa shape index (κ3) is 1.31. The number of fused-ring (bicyclic) bond motifs is 1. The Morgan fingerprint density at radius 2 is 2.38 bits per heavy atom. The number of ether oxygens (including phenoxy) is 1. The summed E-state index contributed by atoms with van der Waals surface area (Å²) in [6, 6.07) is 0. The molecule has 72 valence electrons. The van der Waals surface area contributed by atoms with E-state index in [1.54, 1.807) is 0 Å². The number of nitrogens with zero attached hydrogens (tertiary/aromatic N) is 1. The molecule has 0 fully saturated rings. The van der Waals surface area contributed by atoms with Gasteiger partial charge in [0.1, 0.15) is 0 Å². The van der Waals surface area contributed by atoms with Gasteiger partial charge in [-0.05, 0) is 6.92 Å². The molecule has 1 atom stereocenters. The molecular formula is C9H14N2O2. The molecule has 0 radical (unpaired) electrons. The Labute approximate surface area is 76.5 Å². The molecule has 0 saturated carbocycles. The third-order valence-corrected chi connectivity index (χ3v) is 2.55. The zero-order valence-electron chi connectivity index (χ0n) is 7.96. The van der Waals surface area contributed by atoms with Crippen molar-refractivity contribution in [2.75, 3.05) is 13.2 Å². The van der Waals surface area contributed by atoms with Crippen LogP contribution in [0.5, 0.6) is 0 Å². The van der Waals surface area contributed by atoms with Gasteiger partial charge in [0.25, 0.3) is 5.56 Å². The second kappa shape index (κ2) is 3.03. The first-order valence-electron chi connectivity index (χ1n) is 4.57. The lowest BCUT2D eigenvalue weighted by Gasteiger charge is -2.08. The van der Waals surface area contributed by atoms with Gasteiger partial charge in [-0.1, -0.05) is 6.92 Å². The normalized spacial score (nSPS) is 22.5. The molecule has 1 aliphatic rings. The first-order valence-corrected chi connectivity index (χ1v) is 4.57. The van der Waals surface area contributed by atoms with Crippen LogP contribution in [-0.4, -0.2) is 23.0 Å². The predicted octanol–water partition coefficient (Wildman–Crippen LogP) is 0.619. The van der Waals surface area contributed by atoms with Gasteiger partial charge in [0.15, 0.2) is 0 Å². The van der Waals surface area contributed by atoms with E-state index in [4.69, 9.17) is 4.74 Å². The van der Waals surface area contributed by atoms with Crippen LogP contribution >= 0.6 is 0 Å². The highest BCUT2D eigenvalue weighted by Crippen LogP contribution is 2.19. The first-order chi connectivity index (χ1) is 6.20. The number of nitrogens with one attached hydrogen (secondary N) is 1. The van der Waals surface area contributed by atoms with Crippen molar-refractivity contribution in [3.63, 3.8) is 0 Å². The molecule has 0 aliphatic carbocycles. The monoisotopic (exact) mass is 182 g/mol. The van der Waals surface area contributed by atoms with Crippen molar-refractivity contribution in [3.05, 3.63) is 21.6 Å². The van der Waals surface area contributed by atoms with Crippen molar-refractivity contribution in [1.29, 1.82) is 0 Å². The molecule has 0 spiro atoms. The van der Waals surface area contributed by atoms with Crippen LogP contribution in [0.4, 0.5) is 0 Å². The molecule has 0 amide bonds. The quantitative estimate of drug-likeness (QED) is 0.639. The van der Waals surface area contributed by atoms with Crippen LogP contribution in [0.2, 0.25) is 0 Å². The van der Waals surface area contributed by atoms with E-state index in [-0.39, 0.29) is 5.56 Å². The third-order valence-electron chi connectivity index (χ3n) is 2.55. The summed E-state index contributed by atoms with van der Waals surface area (Å²) in [5.74, 6) is 0.307. The van der Waals surface area contributed by atoms with Gasteiger partial charge < -0.3 is 4.74 Å². The molecule has 4 nitrogen and oxygen atoms in total. The molecule has 1 aromatic rings. The van der Waals surface area contributed by atoms with Gasteiger partial charge >= 0.3 is 0 Å². The molecule has 4 heteroatoms. The van der Waals surface area contributed by atoms with Gasteiger partial charge in [0.05, 0.1) is 19.8 Å². The van der Waals surface area contributed by atoms with E-state index in [0.717, 1.165) is 17.8 Å². The number of aromatic amines is 1. The number of hydrogen-bond acceptors (Lipinski definition) is 2. The minimum Gasteiger partial charge on any atom is -0.379 e. The second-order valence-electron chi connectivity index (χ2n) is 3.58. The molecule has 13 heavy (non-hydrogen) atoms. The molecule has 0 aromatic carbocycles. The van der Waals surface area contributed by atoms with E-state index in [2.05, 4.69) is 12.0 Å². The highest BCUT2D eigenvalue weighted by atomic mass is 16.5. The highest BCUT2D eigenvalue weighted by Gasteiger charge is 2.19. The summed E-state index contributed by atoms with van der Waals surface area (Å²) in [7, 11) is 0. The molecule has 0 saturated heterocycles. The van der Waals surface area contributed by atoms with Crippen molar-refractivity contribution in [2.24, 2.45) is 0 Å². The van der Waals surface area contributed by atoms with Gasteiger partial charge in [0.2, 0.25) is 0 Å². The van der Waals surface area contributed by atoms with E-state index < -0.39 is 0 Å². The molecule has 0 bridgehead atoms. The van der Waals surface area contributed by atoms with Gasteiger partial charge in [-0.25, -0.2) is 0 Å². The van der Waals surface area contributed by atoms with E-state index in [1.807, 2.05) is 11.6 Å². The second-order valence-corrected chi connectivity index (χ2v) is 3.58. The lowest BCUT2D eigenvalue weighted by atomic mass is 10.1. The summed E-state index contributed by atoms with van der Waals surface area (Å²) < 4.78 is 7.31. The van der Waals surface area contributed by atoms with Gasteiger partial charge in [-0.15, -0.1) is 0 Å². The van der Waals surface area contributed by atoms with E-state index >= 15 is 0 Å². The lowest BCUT2D eigenvalue weighted by molar-refractivity contribution is 0.127. The Bertz CT molecular complexity index is 364. The Balaban J connectivity index is 2.54. The standard InChI is InChI=1S/C9H14N2O2/c1-6-5-13-4-3-11-8(6)7(2)9(12)10-11/h6H,3-5H2,1-2H3,(H,10,12). The van der Waals surface area contributed by atoms with Crippen molar-refractivity contribution in [2.45, 2.75) is 26.3 Å². The smallest absolute Gasteiger partial charge is 0.267 e. The summed E-state index contributed by atoms with van der Waals surface area (Å²) in [5, 5.41) is 2.82. The fourth-order valence-corrected chi connectivity index (χ4v) is 1.89. The van der Waals surface area contributed by atoms with Crippen LogP contribution in [0.25, 0.3) is 0 Å². The average Bonchev–Trinajstić information content (AvgIpc) is 2.29.